The Morgan fingerprint density at radius 3 is 2.64 bits per heavy atom. The van der Waals surface area contributed by atoms with E-state index < -0.39 is 0 Å². The molecule has 0 saturated heterocycles. The summed E-state index contributed by atoms with van der Waals surface area (Å²) in [7, 11) is 0. The molecule has 7 heteroatoms. The predicted molar refractivity (Wildman–Crippen MR) is 101 cm³/mol. The lowest BCUT2D eigenvalue weighted by atomic mass is 10.2. The van der Waals surface area contributed by atoms with Crippen LogP contribution in [-0.4, -0.2) is 21.6 Å². The minimum Gasteiger partial charge on any atom is -0.454 e. The van der Waals surface area contributed by atoms with Crippen LogP contribution in [0, 0.1) is 0 Å². The van der Waals surface area contributed by atoms with Crippen molar-refractivity contribution in [1.82, 2.24) is 14.8 Å². The third kappa shape index (κ3) is 3.26. The fourth-order valence-electron chi connectivity index (χ4n) is 2.69. The Morgan fingerprint density at radius 2 is 1.88 bits per heavy atom. The SMILES string of the molecule is CCn1c(SCc2cc3c(cc2Br)OCO3)nnc1-c1ccccc1. The highest BCUT2D eigenvalue weighted by Crippen LogP contribution is 2.39. The smallest absolute Gasteiger partial charge is 0.231 e. The molecule has 0 aliphatic carbocycles. The number of fused-ring (bicyclic) bond motifs is 1. The van der Waals surface area contributed by atoms with Gasteiger partial charge in [-0.15, -0.1) is 10.2 Å². The van der Waals surface area contributed by atoms with Gasteiger partial charge in [0.1, 0.15) is 0 Å². The van der Waals surface area contributed by atoms with Gasteiger partial charge in [0.2, 0.25) is 6.79 Å². The first-order valence-corrected chi connectivity index (χ1v) is 9.73. The summed E-state index contributed by atoms with van der Waals surface area (Å²) in [5, 5.41) is 9.68. The molecule has 0 fully saturated rings. The molecule has 0 radical (unpaired) electrons. The van der Waals surface area contributed by atoms with Gasteiger partial charge in [0.25, 0.3) is 0 Å². The van der Waals surface area contributed by atoms with Gasteiger partial charge in [-0.05, 0) is 24.6 Å². The summed E-state index contributed by atoms with van der Waals surface area (Å²) in [6.07, 6.45) is 0. The Bertz CT molecular complexity index is 899. The van der Waals surface area contributed by atoms with Crippen molar-refractivity contribution in [3.8, 4) is 22.9 Å². The Labute approximate surface area is 158 Å². The molecule has 3 aromatic rings. The molecule has 0 amide bonds. The maximum atomic E-state index is 5.47. The van der Waals surface area contributed by atoms with E-state index in [2.05, 4.69) is 49.8 Å². The summed E-state index contributed by atoms with van der Waals surface area (Å²) in [5.74, 6) is 3.24. The molecular formula is C18H16BrN3O2S. The average molecular weight is 418 g/mol. The molecule has 0 atom stereocenters. The monoisotopic (exact) mass is 417 g/mol. The summed E-state index contributed by atoms with van der Waals surface area (Å²) in [6.45, 7) is 3.21. The number of ether oxygens (including phenoxy) is 2. The van der Waals surface area contributed by atoms with Crippen molar-refractivity contribution in [2.75, 3.05) is 6.79 Å². The molecule has 5 nitrogen and oxygen atoms in total. The minimum absolute atomic E-state index is 0.281. The fraction of sp³-hybridized carbons (Fsp3) is 0.222. The van der Waals surface area contributed by atoms with Crippen LogP contribution in [0.3, 0.4) is 0 Å². The van der Waals surface area contributed by atoms with Gasteiger partial charge in [-0.1, -0.05) is 58.0 Å². The molecule has 1 aliphatic heterocycles. The van der Waals surface area contributed by atoms with Gasteiger partial charge >= 0.3 is 0 Å². The van der Waals surface area contributed by atoms with Crippen LogP contribution < -0.4 is 9.47 Å². The summed E-state index contributed by atoms with van der Waals surface area (Å²) >= 11 is 5.27. The molecule has 0 N–H and O–H groups in total. The highest BCUT2D eigenvalue weighted by atomic mass is 79.9. The molecule has 25 heavy (non-hydrogen) atoms. The minimum atomic E-state index is 0.281. The van der Waals surface area contributed by atoms with E-state index in [1.807, 2.05) is 30.3 Å². The second-order valence-electron chi connectivity index (χ2n) is 5.50. The Balaban J connectivity index is 1.57. The Kier molecular flexibility index (Phi) is 4.67. The third-order valence-electron chi connectivity index (χ3n) is 3.96. The van der Waals surface area contributed by atoms with Crippen LogP contribution in [0.4, 0.5) is 0 Å². The number of hydrogen-bond donors (Lipinski definition) is 0. The first kappa shape index (κ1) is 16.5. The van der Waals surface area contributed by atoms with Crippen molar-refractivity contribution in [3.05, 3.63) is 52.5 Å². The number of rotatable bonds is 5. The van der Waals surface area contributed by atoms with E-state index in [4.69, 9.17) is 9.47 Å². The number of halogens is 1. The summed E-state index contributed by atoms with van der Waals surface area (Å²) in [5.41, 5.74) is 2.22. The zero-order valence-corrected chi connectivity index (χ0v) is 16.0. The molecule has 0 unspecified atom stereocenters. The zero-order chi connectivity index (χ0) is 17.2. The summed E-state index contributed by atoms with van der Waals surface area (Å²) in [6, 6.07) is 14.1. The third-order valence-corrected chi connectivity index (χ3v) is 5.72. The molecule has 0 saturated carbocycles. The van der Waals surface area contributed by atoms with Crippen molar-refractivity contribution in [3.63, 3.8) is 0 Å². The van der Waals surface area contributed by atoms with Crippen molar-refractivity contribution < 1.29 is 9.47 Å². The topological polar surface area (TPSA) is 49.2 Å². The quantitative estimate of drug-likeness (QED) is 0.560. The maximum absolute atomic E-state index is 5.47. The first-order valence-electron chi connectivity index (χ1n) is 7.95. The van der Waals surface area contributed by atoms with Gasteiger partial charge in [-0.3, -0.25) is 0 Å². The molecule has 0 bridgehead atoms. The normalized spacial score (nSPS) is 12.6. The van der Waals surface area contributed by atoms with Crippen LogP contribution in [0.1, 0.15) is 12.5 Å². The Morgan fingerprint density at radius 1 is 1.12 bits per heavy atom. The first-order chi connectivity index (χ1) is 12.3. The molecule has 1 aliphatic rings. The molecule has 128 valence electrons. The predicted octanol–water partition coefficient (Wildman–Crippen LogP) is 4.75. The second-order valence-corrected chi connectivity index (χ2v) is 7.30. The van der Waals surface area contributed by atoms with Gasteiger partial charge in [0.15, 0.2) is 22.5 Å². The number of hydrogen-bond acceptors (Lipinski definition) is 5. The fourth-order valence-corrected chi connectivity index (χ4v) is 4.34. The lowest BCUT2D eigenvalue weighted by Gasteiger charge is -2.09. The number of nitrogens with zero attached hydrogens (tertiary/aromatic N) is 3. The van der Waals surface area contributed by atoms with E-state index in [0.717, 1.165) is 50.4 Å². The van der Waals surface area contributed by atoms with E-state index in [1.54, 1.807) is 11.8 Å². The number of thioether (sulfide) groups is 1. The van der Waals surface area contributed by atoms with Gasteiger partial charge < -0.3 is 14.0 Å². The van der Waals surface area contributed by atoms with E-state index in [1.165, 1.54) is 0 Å². The van der Waals surface area contributed by atoms with Gasteiger partial charge in [-0.25, -0.2) is 0 Å². The summed E-state index contributed by atoms with van der Waals surface area (Å²) < 4.78 is 14.0. The highest BCUT2D eigenvalue weighted by molar-refractivity contribution is 9.10. The molecule has 0 spiro atoms. The van der Waals surface area contributed by atoms with Crippen LogP contribution in [0.2, 0.25) is 0 Å². The van der Waals surface area contributed by atoms with Gasteiger partial charge in [0.05, 0.1) is 0 Å². The van der Waals surface area contributed by atoms with Crippen molar-refractivity contribution >= 4 is 27.7 Å². The average Bonchev–Trinajstić information content (AvgIpc) is 3.26. The highest BCUT2D eigenvalue weighted by Gasteiger charge is 2.18. The van der Waals surface area contributed by atoms with E-state index in [-0.39, 0.29) is 6.79 Å². The van der Waals surface area contributed by atoms with Gasteiger partial charge in [0, 0.05) is 22.3 Å². The lowest BCUT2D eigenvalue weighted by molar-refractivity contribution is 0.174. The second kappa shape index (κ2) is 7.09. The van der Waals surface area contributed by atoms with Crippen LogP contribution in [0.15, 0.2) is 52.1 Å². The zero-order valence-electron chi connectivity index (χ0n) is 13.6. The molecule has 2 heterocycles. The van der Waals surface area contributed by atoms with E-state index >= 15 is 0 Å². The van der Waals surface area contributed by atoms with E-state index in [9.17, 15) is 0 Å². The van der Waals surface area contributed by atoms with E-state index in [0.29, 0.717) is 0 Å². The lowest BCUT2D eigenvalue weighted by Crippen LogP contribution is -2.00. The molecular weight excluding hydrogens is 402 g/mol. The number of aromatic nitrogens is 3. The van der Waals surface area contributed by atoms with Crippen LogP contribution >= 0.6 is 27.7 Å². The van der Waals surface area contributed by atoms with Gasteiger partial charge in [-0.2, -0.15) is 0 Å². The number of benzene rings is 2. The molecule has 1 aromatic heterocycles. The largest absolute Gasteiger partial charge is 0.454 e. The molecule has 2 aromatic carbocycles. The summed E-state index contributed by atoms with van der Waals surface area (Å²) in [4.78, 5) is 0. The molecule has 4 rings (SSSR count). The maximum Gasteiger partial charge on any atom is 0.231 e. The van der Waals surface area contributed by atoms with Crippen molar-refractivity contribution in [2.45, 2.75) is 24.4 Å². The standard InChI is InChI=1S/C18H16BrN3O2S/c1-2-22-17(12-6-4-3-5-7-12)20-21-18(22)25-10-13-8-15-16(9-14(13)19)24-11-23-15/h3-9H,2,10-11H2,1H3. The van der Waals surface area contributed by atoms with Crippen molar-refractivity contribution in [2.24, 2.45) is 0 Å². The van der Waals surface area contributed by atoms with Crippen LogP contribution in [0.25, 0.3) is 11.4 Å². The van der Waals surface area contributed by atoms with Crippen LogP contribution in [-0.2, 0) is 12.3 Å². The van der Waals surface area contributed by atoms with Crippen LogP contribution in [0.5, 0.6) is 11.5 Å². The Hall–Kier alpha value is -1.99. The van der Waals surface area contributed by atoms with Crippen molar-refractivity contribution in [1.29, 1.82) is 0 Å².